The molecule has 0 saturated carbocycles. The van der Waals surface area contributed by atoms with Crippen molar-refractivity contribution in [3.05, 3.63) is 23.9 Å². The zero-order valence-corrected chi connectivity index (χ0v) is 11.2. The number of nitrogens with zero attached hydrogens (tertiary/aromatic N) is 1. The molecule has 0 spiro atoms. The molecule has 0 atom stereocenters. The van der Waals surface area contributed by atoms with Crippen LogP contribution in [-0.4, -0.2) is 18.1 Å². The van der Waals surface area contributed by atoms with Crippen LogP contribution >= 0.6 is 0 Å². The summed E-state index contributed by atoms with van der Waals surface area (Å²) in [6.07, 6.45) is 2.21. The number of rotatable bonds is 8. The topological polar surface area (TPSA) is 34.1 Å². The van der Waals surface area contributed by atoms with E-state index in [0.29, 0.717) is 12.5 Å². The summed E-state index contributed by atoms with van der Waals surface area (Å²) in [6, 6.07) is 6.02. The van der Waals surface area contributed by atoms with Crippen molar-refractivity contribution in [2.45, 2.75) is 40.2 Å². The van der Waals surface area contributed by atoms with Crippen molar-refractivity contribution in [3.8, 4) is 0 Å². The molecular formula is C14H24N2O. The maximum atomic E-state index is 5.60. The summed E-state index contributed by atoms with van der Waals surface area (Å²) in [7, 11) is 0. The van der Waals surface area contributed by atoms with Crippen molar-refractivity contribution in [3.63, 3.8) is 0 Å². The molecule has 0 fully saturated rings. The molecule has 1 aromatic rings. The molecule has 1 N–H and O–H groups in total. The van der Waals surface area contributed by atoms with Crippen LogP contribution in [0.25, 0.3) is 0 Å². The summed E-state index contributed by atoms with van der Waals surface area (Å²) in [6.45, 7) is 8.94. The molecule has 17 heavy (non-hydrogen) atoms. The zero-order valence-electron chi connectivity index (χ0n) is 11.2. The lowest BCUT2D eigenvalue weighted by Gasteiger charge is -2.08. The Labute approximate surface area is 105 Å². The Morgan fingerprint density at radius 1 is 1.35 bits per heavy atom. The summed E-state index contributed by atoms with van der Waals surface area (Å²) >= 11 is 0. The van der Waals surface area contributed by atoms with Crippen molar-refractivity contribution in [2.24, 2.45) is 5.92 Å². The number of pyridine rings is 1. The highest BCUT2D eigenvalue weighted by molar-refractivity contribution is 5.34. The number of hydrogen-bond acceptors (Lipinski definition) is 3. The zero-order chi connectivity index (χ0) is 12.5. The lowest BCUT2D eigenvalue weighted by atomic mass is 10.1. The van der Waals surface area contributed by atoms with Crippen LogP contribution < -0.4 is 5.32 Å². The Bertz CT molecular complexity index is 313. The molecule has 0 aliphatic heterocycles. The van der Waals surface area contributed by atoms with E-state index in [0.717, 1.165) is 37.5 Å². The van der Waals surface area contributed by atoms with Crippen molar-refractivity contribution < 1.29 is 4.74 Å². The minimum absolute atomic E-state index is 0.606. The van der Waals surface area contributed by atoms with Gasteiger partial charge in [-0.25, -0.2) is 4.98 Å². The molecule has 0 aromatic carbocycles. The van der Waals surface area contributed by atoms with Gasteiger partial charge in [-0.1, -0.05) is 26.8 Å². The van der Waals surface area contributed by atoms with Gasteiger partial charge in [-0.15, -0.1) is 0 Å². The van der Waals surface area contributed by atoms with Crippen LogP contribution in [0.15, 0.2) is 18.2 Å². The predicted molar refractivity (Wildman–Crippen MR) is 72.1 cm³/mol. The van der Waals surface area contributed by atoms with E-state index in [2.05, 4.69) is 31.1 Å². The van der Waals surface area contributed by atoms with Gasteiger partial charge in [0.15, 0.2) is 0 Å². The van der Waals surface area contributed by atoms with Crippen molar-refractivity contribution in [2.75, 3.05) is 18.5 Å². The van der Waals surface area contributed by atoms with Crippen LogP contribution in [0.5, 0.6) is 0 Å². The molecular weight excluding hydrogens is 212 g/mol. The van der Waals surface area contributed by atoms with E-state index in [1.165, 1.54) is 0 Å². The smallest absolute Gasteiger partial charge is 0.126 e. The van der Waals surface area contributed by atoms with E-state index in [1.807, 2.05) is 18.2 Å². The first-order valence-corrected chi connectivity index (χ1v) is 6.50. The van der Waals surface area contributed by atoms with Crippen molar-refractivity contribution in [1.29, 1.82) is 0 Å². The SMILES string of the molecule is CCCNc1cccc(COCCC(C)C)n1. The minimum Gasteiger partial charge on any atom is -0.375 e. The third-order valence-corrected chi connectivity index (χ3v) is 2.45. The fourth-order valence-corrected chi connectivity index (χ4v) is 1.41. The molecule has 0 aliphatic carbocycles. The average Bonchev–Trinajstić information content (AvgIpc) is 2.32. The summed E-state index contributed by atoms with van der Waals surface area (Å²) in [4.78, 5) is 4.49. The van der Waals surface area contributed by atoms with E-state index in [1.54, 1.807) is 0 Å². The summed E-state index contributed by atoms with van der Waals surface area (Å²) in [5.41, 5.74) is 0.995. The molecule has 1 heterocycles. The van der Waals surface area contributed by atoms with Crippen molar-refractivity contribution in [1.82, 2.24) is 4.98 Å². The number of nitrogens with one attached hydrogen (secondary N) is 1. The first kappa shape index (κ1) is 14.0. The van der Waals surface area contributed by atoms with Gasteiger partial charge in [0, 0.05) is 13.2 Å². The Hall–Kier alpha value is -1.09. The van der Waals surface area contributed by atoms with Crippen LogP contribution in [0.2, 0.25) is 0 Å². The number of ether oxygens (including phenoxy) is 1. The molecule has 0 saturated heterocycles. The highest BCUT2D eigenvalue weighted by atomic mass is 16.5. The number of hydrogen-bond donors (Lipinski definition) is 1. The van der Waals surface area contributed by atoms with Crippen LogP contribution in [0.4, 0.5) is 5.82 Å². The lowest BCUT2D eigenvalue weighted by molar-refractivity contribution is 0.108. The minimum atomic E-state index is 0.606. The molecule has 0 amide bonds. The fraction of sp³-hybridized carbons (Fsp3) is 0.643. The van der Waals surface area contributed by atoms with Crippen molar-refractivity contribution >= 4 is 5.82 Å². The maximum absolute atomic E-state index is 5.60. The molecule has 0 unspecified atom stereocenters. The van der Waals surface area contributed by atoms with Crippen LogP contribution in [0, 0.1) is 5.92 Å². The fourth-order valence-electron chi connectivity index (χ4n) is 1.41. The van der Waals surface area contributed by atoms with Gasteiger partial charge < -0.3 is 10.1 Å². The molecule has 3 nitrogen and oxygen atoms in total. The van der Waals surface area contributed by atoms with Crippen LogP contribution in [-0.2, 0) is 11.3 Å². The predicted octanol–water partition coefficient (Wildman–Crippen LogP) is 3.47. The van der Waals surface area contributed by atoms with Gasteiger partial charge >= 0.3 is 0 Å². The Balaban J connectivity index is 2.32. The normalized spacial score (nSPS) is 10.8. The number of aromatic nitrogens is 1. The highest BCUT2D eigenvalue weighted by Gasteiger charge is 1.98. The van der Waals surface area contributed by atoms with E-state index >= 15 is 0 Å². The molecule has 1 aromatic heterocycles. The second-order valence-electron chi connectivity index (χ2n) is 4.68. The average molecular weight is 236 g/mol. The third kappa shape index (κ3) is 6.27. The van der Waals surface area contributed by atoms with Gasteiger partial charge in [-0.2, -0.15) is 0 Å². The van der Waals surface area contributed by atoms with E-state index in [4.69, 9.17) is 4.74 Å². The van der Waals surface area contributed by atoms with Gasteiger partial charge in [-0.3, -0.25) is 0 Å². The molecule has 0 radical (unpaired) electrons. The van der Waals surface area contributed by atoms with Gasteiger partial charge in [0.05, 0.1) is 12.3 Å². The van der Waals surface area contributed by atoms with Gasteiger partial charge in [-0.05, 0) is 30.9 Å². The van der Waals surface area contributed by atoms with Gasteiger partial charge in [0.2, 0.25) is 0 Å². The molecule has 0 aliphatic rings. The van der Waals surface area contributed by atoms with Crippen LogP contribution in [0.1, 0.15) is 39.3 Å². The summed E-state index contributed by atoms with van der Waals surface area (Å²) < 4.78 is 5.60. The molecule has 3 heteroatoms. The quantitative estimate of drug-likeness (QED) is 0.702. The second kappa shape index (κ2) is 8.07. The first-order valence-electron chi connectivity index (χ1n) is 6.50. The van der Waals surface area contributed by atoms with Gasteiger partial charge in [0.1, 0.15) is 5.82 Å². The Kier molecular flexibility index (Phi) is 6.63. The lowest BCUT2D eigenvalue weighted by Crippen LogP contribution is -2.05. The summed E-state index contributed by atoms with van der Waals surface area (Å²) in [5.74, 6) is 1.64. The van der Waals surface area contributed by atoms with Gasteiger partial charge in [0.25, 0.3) is 0 Å². The van der Waals surface area contributed by atoms with E-state index in [9.17, 15) is 0 Å². The van der Waals surface area contributed by atoms with E-state index in [-0.39, 0.29) is 0 Å². The summed E-state index contributed by atoms with van der Waals surface area (Å²) in [5, 5.41) is 3.28. The highest BCUT2D eigenvalue weighted by Crippen LogP contribution is 2.07. The maximum Gasteiger partial charge on any atom is 0.126 e. The monoisotopic (exact) mass is 236 g/mol. The molecule has 1 rings (SSSR count). The van der Waals surface area contributed by atoms with Crippen LogP contribution in [0.3, 0.4) is 0 Å². The van der Waals surface area contributed by atoms with E-state index < -0.39 is 0 Å². The largest absolute Gasteiger partial charge is 0.375 e. The first-order chi connectivity index (χ1) is 8.22. The number of anilines is 1. The Morgan fingerprint density at radius 2 is 2.18 bits per heavy atom. The standard InChI is InChI=1S/C14H24N2O/c1-4-9-15-14-7-5-6-13(16-14)11-17-10-8-12(2)3/h5-7,12H,4,8-11H2,1-3H3,(H,15,16). The Morgan fingerprint density at radius 3 is 2.88 bits per heavy atom. The third-order valence-electron chi connectivity index (χ3n) is 2.45. The molecule has 0 bridgehead atoms. The second-order valence-corrected chi connectivity index (χ2v) is 4.68. The molecule has 96 valence electrons.